The Morgan fingerprint density at radius 3 is 2.63 bits per heavy atom. The van der Waals surface area contributed by atoms with Gasteiger partial charge in [0.15, 0.2) is 5.82 Å². The zero-order chi connectivity index (χ0) is 19.2. The third-order valence-electron chi connectivity index (χ3n) is 3.48. The molecule has 0 bridgehead atoms. The molecule has 0 saturated heterocycles. The van der Waals surface area contributed by atoms with Crippen molar-refractivity contribution >= 4 is 17.5 Å². The average molecular weight is 373 g/mol. The number of amides is 2. The van der Waals surface area contributed by atoms with Gasteiger partial charge in [0.1, 0.15) is 29.0 Å². The summed E-state index contributed by atoms with van der Waals surface area (Å²) in [5.41, 5.74) is -0.488. The van der Waals surface area contributed by atoms with Crippen LogP contribution in [0.25, 0.3) is 5.82 Å². The monoisotopic (exact) mass is 373 g/mol. The van der Waals surface area contributed by atoms with Crippen molar-refractivity contribution in [2.45, 2.75) is 6.92 Å². The molecule has 3 aromatic rings. The number of rotatable bonds is 6. The third kappa shape index (κ3) is 4.75. The summed E-state index contributed by atoms with van der Waals surface area (Å²) in [5.74, 6) is 0.0501. The number of hydrogen-bond donors (Lipinski definition) is 3. The molecular weight excluding hydrogens is 356 g/mol. The van der Waals surface area contributed by atoms with E-state index in [1.165, 1.54) is 6.07 Å². The van der Waals surface area contributed by atoms with Crippen molar-refractivity contribution < 1.29 is 13.6 Å². The van der Waals surface area contributed by atoms with Gasteiger partial charge in [-0.25, -0.2) is 28.2 Å². The zero-order valence-electron chi connectivity index (χ0n) is 14.4. The molecule has 3 N–H and O–H groups in total. The summed E-state index contributed by atoms with van der Waals surface area (Å²) in [6.07, 6.45) is 3.41. The van der Waals surface area contributed by atoms with Crippen LogP contribution in [0.15, 0.2) is 42.7 Å². The fourth-order valence-corrected chi connectivity index (χ4v) is 2.31. The topological polar surface area (TPSA) is 96.8 Å². The maximum absolute atomic E-state index is 13.5. The fraction of sp³-hybridized carbons (Fsp3) is 0.176. The number of aryl methyl sites for hydroxylation is 1. The van der Waals surface area contributed by atoms with Gasteiger partial charge in [-0.15, -0.1) is 0 Å². The Morgan fingerprint density at radius 1 is 1.15 bits per heavy atom. The van der Waals surface area contributed by atoms with Crippen LogP contribution in [0.1, 0.15) is 5.82 Å². The highest BCUT2D eigenvalue weighted by molar-refractivity contribution is 5.89. The maximum Gasteiger partial charge on any atom is 0.319 e. The number of urea groups is 1. The standard InChI is InChI=1S/C17H17F2N7O/c1-11-23-14(10-15(24-11)26-9-3-6-22-26)20-7-8-21-17(27)25-16-12(18)4-2-5-13(16)19/h2-6,9-10H,7-8H2,1H3,(H,20,23,24)(H2,21,25,27). The number of benzene rings is 1. The molecule has 0 unspecified atom stereocenters. The zero-order valence-corrected chi connectivity index (χ0v) is 14.4. The first kappa shape index (κ1) is 18.2. The van der Waals surface area contributed by atoms with Crippen LogP contribution in [0.5, 0.6) is 0 Å². The number of nitrogens with one attached hydrogen (secondary N) is 3. The molecule has 0 aliphatic heterocycles. The second-order valence-corrected chi connectivity index (χ2v) is 5.51. The predicted molar refractivity (Wildman–Crippen MR) is 95.8 cm³/mol. The molecule has 0 radical (unpaired) electrons. The van der Waals surface area contributed by atoms with Gasteiger partial charge < -0.3 is 16.0 Å². The molecule has 3 rings (SSSR count). The fourth-order valence-electron chi connectivity index (χ4n) is 2.31. The summed E-state index contributed by atoms with van der Waals surface area (Å²) in [5, 5.41) is 11.8. The first-order valence-electron chi connectivity index (χ1n) is 8.11. The van der Waals surface area contributed by atoms with Crippen molar-refractivity contribution in [3.8, 4) is 5.82 Å². The van der Waals surface area contributed by atoms with Crippen molar-refractivity contribution in [1.82, 2.24) is 25.1 Å². The first-order chi connectivity index (χ1) is 13.0. The summed E-state index contributed by atoms with van der Waals surface area (Å²) in [4.78, 5) is 20.3. The van der Waals surface area contributed by atoms with Gasteiger partial charge in [0.2, 0.25) is 0 Å². The van der Waals surface area contributed by atoms with Crippen LogP contribution in [-0.2, 0) is 0 Å². The molecule has 8 nitrogen and oxygen atoms in total. The van der Waals surface area contributed by atoms with E-state index in [0.29, 0.717) is 24.0 Å². The van der Waals surface area contributed by atoms with Gasteiger partial charge in [-0.2, -0.15) is 5.10 Å². The number of halogens is 2. The van der Waals surface area contributed by atoms with Gasteiger partial charge in [-0.05, 0) is 25.1 Å². The quantitative estimate of drug-likeness (QED) is 0.577. The molecule has 140 valence electrons. The molecule has 10 heteroatoms. The largest absolute Gasteiger partial charge is 0.368 e. The van der Waals surface area contributed by atoms with Crippen LogP contribution in [-0.4, -0.2) is 38.9 Å². The van der Waals surface area contributed by atoms with Crippen molar-refractivity contribution in [3.05, 3.63) is 60.2 Å². The van der Waals surface area contributed by atoms with E-state index in [9.17, 15) is 13.6 Å². The Bertz CT molecular complexity index is 911. The second kappa shape index (κ2) is 8.21. The first-order valence-corrected chi connectivity index (χ1v) is 8.11. The van der Waals surface area contributed by atoms with E-state index in [4.69, 9.17) is 0 Å². The Hall–Kier alpha value is -3.56. The molecule has 0 saturated carbocycles. The Labute approximate surface area is 153 Å². The average Bonchev–Trinajstić information content (AvgIpc) is 3.16. The van der Waals surface area contributed by atoms with Crippen LogP contribution >= 0.6 is 0 Å². The molecular formula is C17H17F2N7O. The minimum Gasteiger partial charge on any atom is -0.368 e. The molecule has 0 spiro atoms. The van der Waals surface area contributed by atoms with Gasteiger partial charge >= 0.3 is 6.03 Å². The smallest absolute Gasteiger partial charge is 0.319 e. The highest BCUT2D eigenvalue weighted by Crippen LogP contribution is 2.17. The molecule has 0 fully saturated rings. The second-order valence-electron chi connectivity index (χ2n) is 5.51. The van der Waals surface area contributed by atoms with Crippen LogP contribution < -0.4 is 16.0 Å². The van der Waals surface area contributed by atoms with E-state index in [-0.39, 0.29) is 6.54 Å². The summed E-state index contributed by atoms with van der Waals surface area (Å²) < 4.78 is 28.6. The van der Waals surface area contributed by atoms with Crippen LogP contribution in [0, 0.1) is 18.6 Å². The van der Waals surface area contributed by atoms with Gasteiger partial charge in [0.05, 0.1) is 0 Å². The van der Waals surface area contributed by atoms with Gasteiger partial charge in [-0.1, -0.05) is 6.07 Å². The molecule has 0 aliphatic rings. The van der Waals surface area contributed by atoms with Crippen molar-refractivity contribution in [3.63, 3.8) is 0 Å². The number of nitrogens with zero attached hydrogens (tertiary/aromatic N) is 4. The number of aromatic nitrogens is 4. The summed E-state index contributed by atoms with van der Waals surface area (Å²) in [6.45, 7) is 2.32. The lowest BCUT2D eigenvalue weighted by atomic mass is 10.3. The van der Waals surface area contributed by atoms with Gasteiger partial charge in [0, 0.05) is 31.5 Å². The van der Waals surface area contributed by atoms with Gasteiger partial charge in [-0.3, -0.25) is 0 Å². The van der Waals surface area contributed by atoms with Crippen molar-refractivity contribution in [2.75, 3.05) is 23.7 Å². The van der Waals surface area contributed by atoms with Crippen LogP contribution in [0.2, 0.25) is 0 Å². The summed E-state index contributed by atoms with van der Waals surface area (Å²) in [7, 11) is 0. The molecule has 0 atom stereocenters. The van der Waals surface area contributed by atoms with E-state index < -0.39 is 23.4 Å². The summed E-state index contributed by atoms with van der Waals surface area (Å²) in [6, 6.07) is 6.14. The third-order valence-corrected chi connectivity index (χ3v) is 3.48. The highest BCUT2D eigenvalue weighted by Gasteiger charge is 2.11. The SMILES string of the molecule is Cc1nc(NCCNC(=O)Nc2c(F)cccc2F)cc(-n2cccn2)n1. The number of carbonyl (C=O) groups is 1. The number of para-hydroxylation sites is 1. The van der Waals surface area contributed by atoms with E-state index in [0.717, 1.165) is 12.1 Å². The molecule has 2 aromatic heterocycles. The lowest BCUT2D eigenvalue weighted by Gasteiger charge is -2.11. The van der Waals surface area contributed by atoms with Crippen molar-refractivity contribution in [2.24, 2.45) is 0 Å². The molecule has 27 heavy (non-hydrogen) atoms. The highest BCUT2D eigenvalue weighted by atomic mass is 19.1. The van der Waals surface area contributed by atoms with Gasteiger partial charge in [0.25, 0.3) is 0 Å². The molecule has 2 amide bonds. The minimum atomic E-state index is -0.842. The molecule has 2 heterocycles. The summed E-state index contributed by atoms with van der Waals surface area (Å²) >= 11 is 0. The van der Waals surface area contributed by atoms with E-state index >= 15 is 0 Å². The lowest BCUT2D eigenvalue weighted by molar-refractivity contribution is 0.252. The Balaban J connectivity index is 1.51. The maximum atomic E-state index is 13.5. The Morgan fingerprint density at radius 2 is 1.93 bits per heavy atom. The number of carbonyl (C=O) groups excluding carboxylic acids is 1. The predicted octanol–water partition coefficient (Wildman–Crippen LogP) is 2.48. The number of anilines is 2. The van der Waals surface area contributed by atoms with E-state index in [1.807, 2.05) is 0 Å². The van der Waals surface area contributed by atoms with Crippen molar-refractivity contribution in [1.29, 1.82) is 0 Å². The minimum absolute atomic E-state index is 0.210. The normalized spacial score (nSPS) is 10.5. The molecule has 0 aliphatic carbocycles. The van der Waals surface area contributed by atoms with E-state index in [1.54, 1.807) is 36.1 Å². The van der Waals surface area contributed by atoms with Crippen LogP contribution in [0.4, 0.5) is 25.1 Å². The number of hydrogen-bond acceptors (Lipinski definition) is 5. The Kier molecular flexibility index (Phi) is 5.55. The lowest BCUT2D eigenvalue weighted by Crippen LogP contribution is -2.33. The van der Waals surface area contributed by atoms with E-state index in [2.05, 4.69) is 31.0 Å². The van der Waals surface area contributed by atoms with Crippen LogP contribution in [0.3, 0.4) is 0 Å². The molecule has 1 aromatic carbocycles.